The molecule has 0 aromatic carbocycles. The molecule has 0 aliphatic rings. The SMILES string of the molecule is CCCCCCCCCCCCCC(O)CCS(=O)(=O)O.[H-].[Na+]. The molecule has 0 amide bonds. The smallest absolute Gasteiger partial charge is 1.00 e. The van der Waals surface area contributed by atoms with Gasteiger partial charge >= 0.3 is 29.6 Å². The third-order valence-corrected chi connectivity index (χ3v) is 4.60. The monoisotopic (exact) mass is 346 g/mol. The zero-order valence-corrected chi connectivity index (χ0v) is 17.4. The summed E-state index contributed by atoms with van der Waals surface area (Å²) in [5.74, 6) is -0.341. The van der Waals surface area contributed by atoms with Crippen LogP contribution in [0.3, 0.4) is 0 Å². The zero-order valence-electron chi connectivity index (χ0n) is 15.6. The molecule has 0 radical (unpaired) electrons. The maximum absolute atomic E-state index is 10.5. The summed E-state index contributed by atoms with van der Waals surface area (Å²) in [4.78, 5) is 0. The van der Waals surface area contributed by atoms with Crippen molar-refractivity contribution in [3.05, 3.63) is 0 Å². The second kappa shape index (κ2) is 16.7. The van der Waals surface area contributed by atoms with Gasteiger partial charge in [0.25, 0.3) is 10.1 Å². The van der Waals surface area contributed by atoms with E-state index in [0.717, 1.165) is 12.8 Å². The van der Waals surface area contributed by atoms with Crippen molar-refractivity contribution in [2.24, 2.45) is 0 Å². The van der Waals surface area contributed by atoms with Crippen LogP contribution in [0.5, 0.6) is 0 Å². The summed E-state index contributed by atoms with van der Waals surface area (Å²) in [6.07, 6.45) is 14.0. The Hall–Kier alpha value is 0.870. The molecular formula is C16H35NaO4S. The van der Waals surface area contributed by atoms with Gasteiger partial charge in [0.2, 0.25) is 0 Å². The maximum atomic E-state index is 10.5. The summed E-state index contributed by atoms with van der Waals surface area (Å²) < 4.78 is 29.7. The van der Waals surface area contributed by atoms with Crippen LogP contribution < -0.4 is 29.6 Å². The van der Waals surface area contributed by atoms with Gasteiger partial charge in [-0.2, -0.15) is 8.42 Å². The molecule has 4 nitrogen and oxygen atoms in total. The summed E-state index contributed by atoms with van der Waals surface area (Å²) in [6, 6.07) is 0. The summed E-state index contributed by atoms with van der Waals surface area (Å²) in [6.45, 7) is 2.24. The molecule has 6 heteroatoms. The van der Waals surface area contributed by atoms with Crippen LogP contribution in [0, 0.1) is 0 Å². The van der Waals surface area contributed by atoms with Gasteiger partial charge in [-0.15, -0.1) is 0 Å². The van der Waals surface area contributed by atoms with Gasteiger partial charge in [0.05, 0.1) is 11.9 Å². The fraction of sp³-hybridized carbons (Fsp3) is 1.00. The average molecular weight is 347 g/mol. The molecule has 22 heavy (non-hydrogen) atoms. The quantitative estimate of drug-likeness (QED) is 0.267. The van der Waals surface area contributed by atoms with Gasteiger partial charge in [0, 0.05) is 0 Å². The minimum absolute atomic E-state index is 0. The van der Waals surface area contributed by atoms with E-state index in [-0.39, 0.29) is 43.2 Å². The molecule has 0 aliphatic heterocycles. The Labute approximate surface area is 161 Å². The van der Waals surface area contributed by atoms with Crippen molar-refractivity contribution < 1.29 is 49.1 Å². The molecule has 0 aliphatic carbocycles. The number of aliphatic hydroxyl groups is 1. The molecule has 0 bridgehead atoms. The first-order chi connectivity index (χ1) is 9.95. The standard InChI is InChI=1S/C16H34O4S.Na.H/c1-2-3-4-5-6-7-8-9-10-11-12-13-16(17)14-15-21(18,19)20;;/h16-17H,2-15H2,1H3,(H,18,19,20);;/q;+1;-1. The Balaban J connectivity index is -0.00000200. The molecule has 0 rings (SSSR count). The predicted octanol–water partition coefficient (Wildman–Crippen LogP) is 1.44. The molecule has 0 saturated carbocycles. The Kier molecular flexibility index (Phi) is 19.1. The summed E-state index contributed by atoms with van der Waals surface area (Å²) in [5.41, 5.74) is 0. The van der Waals surface area contributed by atoms with E-state index in [4.69, 9.17) is 4.55 Å². The maximum Gasteiger partial charge on any atom is 1.00 e. The Morgan fingerprint density at radius 1 is 0.818 bits per heavy atom. The van der Waals surface area contributed by atoms with Gasteiger partial charge in [0.1, 0.15) is 0 Å². The molecule has 0 fully saturated rings. The van der Waals surface area contributed by atoms with Gasteiger partial charge in [-0.25, -0.2) is 0 Å². The molecule has 0 spiro atoms. The second-order valence-electron chi connectivity index (χ2n) is 6.05. The van der Waals surface area contributed by atoms with E-state index in [1.807, 2.05) is 0 Å². The van der Waals surface area contributed by atoms with Crippen LogP contribution in [0.4, 0.5) is 0 Å². The molecule has 0 saturated heterocycles. The van der Waals surface area contributed by atoms with E-state index >= 15 is 0 Å². The molecule has 2 N–H and O–H groups in total. The van der Waals surface area contributed by atoms with Crippen molar-refractivity contribution in [1.29, 1.82) is 0 Å². The van der Waals surface area contributed by atoms with Crippen LogP contribution in [-0.4, -0.2) is 29.9 Å². The topological polar surface area (TPSA) is 74.6 Å². The normalized spacial score (nSPS) is 12.9. The van der Waals surface area contributed by atoms with Gasteiger partial charge in [-0.05, 0) is 12.8 Å². The minimum atomic E-state index is -3.93. The van der Waals surface area contributed by atoms with Gasteiger partial charge < -0.3 is 6.53 Å². The van der Waals surface area contributed by atoms with Crippen LogP contribution in [0.1, 0.15) is 91.8 Å². The van der Waals surface area contributed by atoms with Gasteiger partial charge in [-0.3, -0.25) is 4.55 Å². The van der Waals surface area contributed by atoms with Crippen LogP contribution in [0.25, 0.3) is 0 Å². The fourth-order valence-electron chi connectivity index (χ4n) is 2.47. The van der Waals surface area contributed by atoms with Crippen LogP contribution >= 0.6 is 0 Å². The first-order valence-corrected chi connectivity index (χ1v) is 10.2. The Morgan fingerprint density at radius 3 is 1.64 bits per heavy atom. The van der Waals surface area contributed by atoms with E-state index in [2.05, 4.69) is 6.92 Å². The molecule has 1 unspecified atom stereocenters. The van der Waals surface area contributed by atoms with Gasteiger partial charge in [0.15, 0.2) is 0 Å². The second-order valence-corrected chi connectivity index (χ2v) is 7.62. The van der Waals surface area contributed by atoms with E-state index in [1.54, 1.807) is 0 Å². The Morgan fingerprint density at radius 2 is 1.23 bits per heavy atom. The van der Waals surface area contributed by atoms with Crippen LogP contribution in [0.15, 0.2) is 0 Å². The largest absolute Gasteiger partial charge is 1.00 e. The number of aliphatic hydroxyl groups excluding tert-OH is 1. The average Bonchev–Trinajstić information content (AvgIpc) is 2.42. The number of unbranched alkanes of at least 4 members (excludes halogenated alkanes) is 10. The van der Waals surface area contributed by atoms with Crippen molar-refractivity contribution in [2.45, 2.75) is 96.5 Å². The summed E-state index contributed by atoms with van der Waals surface area (Å²) in [5, 5.41) is 9.58. The summed E-state index contributed by atoms with van der Waals surface area (Å²) >= 11 is 0. The zero-order chi connectivity index (χ0) is 16.0. The number of hydrogen-bond acceptors (Lipinski definition) is 3. The fourth-order valence-corrected chi connectivity index (χ4v) is 3.04. The molecule has 0 heterocycles. The molecule has 0 aromatic rings. The first-order valence-electron chi connectivity index (χ1n) is 8.59. The van der Waals surface area contributed by atoms with Crippen molar-refractivity contribution in [2.75, 3.05) is 5.75 Å². The van der Waals surface area contributed by atoms with Crippen molar-refractivity contribution in [1.82, 2.24) is 0 Å². The van der Waals surface area contributed by atoms with Crippen molar-refractivity contribution >= 4 is 10.1 Å². The Bertz CT molecular complexity index is 326. The number of rotatable bonds is 15. The van der Waals surface area contributed by atoms with E-state index in [9.17, 15) is 13.5 Å². The predicted molar refractivity (Wildman–Crippen MR) is 89.2 cm³/mol. The first kappa shape index (κ1) is 25.1. The minimum Gasteiger partial charge on any atom is -1.00 e. The molecule has 1 atom stereocenters. The third kappa shape index (κ3) is 20.9. The number of hydrogen-bond donors (Lipinski definition) is 2. The van der Waals surface area contributed by atoms with E-state index < -0.39 is 16.2 Å². The third-order valence-electron chi connectivity index (χ3n) is 3.85. The van der Waals surface area contributed by atoms with Crippen LogP contribution in [-0.2, 0) is 10.1 Å². The van der Waals surface area contributed by atoms with E-state index in [0.29, 0.717) is 6.42 Å². The van der Waals surface area contributed by atoms with Gasteiger partial charge in [-0.1, -0.05) is 77.6 Å². The summed E-state index contributed by atoms with van der Waals surface area (Å²) in [7, 11) is -3.93. The molecule has 130 valence electrons. The van der Waals surface area contributed by atoms with E-state index in [1.165, 1.54) is 57.8 Å². The van der Waals surface area contributed by atoms with Crippen LogP contribution in [0.2, 0.25) is 0 Å². The van der Waals surface area contributed by atoms with Crippen molar-refractivity contribution in [3.63, 3.8) is 0 Å². The molecule has 0 aromatic heterocycles. The van der Waals surface area contributed by atoms with Crippen molar-refractivity contribution in [3.8, 4) is 0 Å². The molecular weight excluding hydrogens is 311 g/mol.